The van der Waals surface area contributed by atoms with Crippen LogP contribution in [0.1, 0.15) is 18.9 Å². The van der Waals surface area contributed by atoms with Crippen LogP contribution >= 0.6 is 0 Å². The number of hydrogen-bond donors (Lipinski definition) is 1. The molecule has 1 aliphatic heterocycles. The molecule has 1 fully saturated rings. The number of hydrogen-bond acceptors (Lipinski definition) is 5. The average Bonchev–Trinajstić information content (AvgIpc) is 2.67. The maximum Gasteiger partial charge on any atom is 0.222 e. The van der Waals surface area contributed by atoms with Crippen molar-refractivity contribution in [1.82, 2.24) is 9.97 Å². The molecule has 2 heterocycles. The maximum atomic E-state index is 11.3. The van der Waals surface area contributed by atoms with Gasteiger partial charge in [0.1, 0.15) is 0 Å². The first-order valence-electron chi connectivity index (χ1n) is 5.84. The van der Waals surface area contributed by atoms with Gasteiger partial charge in [-0.2, -0.15) is 0 Å². The number of nitrogens with zero attached hydrogens (tertiary/aromatic N) is 2. The molecular weight excluding hydrogens is 238 g/mol. The highest BCUT2D eigenvalue weighted by Crippen LogP contribution is 2.18. The molecule has 0 aliphatic carbocycles. The minimum absolute atomic E-state index is 0.189. The van der Waals surface area contributed by atoms with Gasteiger partial charge in [-0.15, -0.1) is 0 Å². The molecule has 1 aromatic heterocycles. The predicted octanol–water partition coefficient (Wildman–Crippen LogP) is 0.886. The van der Waals surface area contributed by atoms with Crippen molar-refractivity contribution in [2.24, 2.45) is 5.92 Å². The summed E-state index contributed by atoms with van der Waals surface area (Å²) in [6.45, 7) is 2.68. The van der Waals surface area contributed by atoms with Crippen molar-refractivity contribution in [1.29, 1.82) is 0 Å². The molecule has 6 heteroatoms. The summed E-state index contributed by atoms with van der Waals surface area (Å²) in [6.07, 6.45) is 5.24. The van der Waals surface area contributed by atoms with Crippen LogP contribution in [0.2, 0.25) is 0 Å². The fourth-order valence-corrected chi connectivity index (χ4v) is 3.76. The molecular formula is C11H17N3O2S. The van der Waals surface area contributed by atoms with Gasteiger partial charge in [-0.25, -0.2) is 18.4 Å². The highest BCUT2D eigenvalue weighted by atomic mass is 32.2. The minimum Gasteiger partial charge on any atom is -0.354 e. The van der Waals surface area contributed by atoms with Crippen molar-refractivity contribution in [3.05, 3.63) is 18.0 Å². The second-order valence-electron chi connectivity index (χ2n) is 4.42. The predicted molar refractivity (Wildman–Crippen MR) is 66.7 cm³/mol. The van der Waals surface area contributed by atoms with E-state index in [1.165, 1.54) is 0 Å². The van der Waals surface area contributed by atoms with Crippen LogP contribution < -0.4 is 5.32 Å². The standard InChI is InChI=1S/C11H17N3O2S/c1-2-9-5-12-11(13-6-9)14-7-10-3-4-17(15,16)8-10/h5-6,10H,2-4,7-8H2,1H3,(H,12,13,14)/t10-/m0/s1. The maximum absolute atomic E-state index is 11.3. The Morgan fingerprint density at radius 3 is 2.65 bits per heavy atom. The van der Waals surface area contributed by atoms with E-state index in [9.17, 15) is 8.42 Å². The SMILES string of the molecule is CCc1cnc(NC[C@@H]2CCS(=O)(=O)C2)nc1. The lowest BCUT2D eigenvalue weighted by molar-refractivity contribution is 0.595. The van der Waals surface area contributed by atoms with E-state index in [0.29, 0.717) is 18.2 Å². The summed E-state index contributed by atoms with van der Waals surface area (Å²) >= 11 is 0. The van der Waals surface area contributed by atoms with E-state index in [-0.39, 0.29) is 11.7 Å². The van der Waals surface area contributed by atoms with E-state index in [1.807, 2.05) is 0 Å². The van der Waals surface area contributed by atoms with Crippen molar-refractivity contribution < 1.29 is 8.42 Å². The third-order valence-electron chi connectivity index (χ3n) is 2.99. The second kappa shape index (κ2) is 5.00. The van der Waals surface area contributed by atoms with E-state index in [1.54, 1.807) is 12.4 Å². The van der Waals surface area contributed by atoms with Gasteiger partial charge in [0, 0.05) is 18.9 Å². The smallest absolute Gasteiger partial charge is 0.222 e. The molecule has 1 aromatic rings. The quantitative estimate of drug-likeness (QED) is 0.865. The summed E-state index contributed by atoms with van der Waals surface area (Å²) in [5.74, 6) is 1.36. The zero-order valence-corrected chi connectivity index (χ0v) is 10.7. The Morgan fingerprint density at radius 1 is 1.41 bits per heavy atom. The van der Waals surface area contributed by atoms with Crippen LogP contribution in [0.4, 0.5) is 5.95 Å². The van der Waals surface area contributed by atoms with Gasteiger partial charge in [-0.3, -0.25) is 0 Å². The van der Waals surface area contributed by atoms with Crippen LogP contribution in [0.25, 0.3) is 0 Å². The van der Waals surface area contributed by atoms with Crippen molar-refractivity contribution in [2.45, 2.75) is 19.8 Å². The monoisotopic (exact) mass is 255 g/mol. The number of anilines is 1. The largest absolute Gasteiger partial charge is 0.354 e. The average molecular weight is 255 g/mol. The lowest BCUT2D eigenvalue weighted by Gasteiger charge is -2.09. The summed E-state index contributed by atoms with van der Waals surface area (Å²) in [6, 6.07) is 0. The number of nitrogens with one attached hydrogen (secondary N) is 1. The topological polar surface area (TPSA) is 72.0 Å². The molecule has 0 spiro atoms. The van der Waals surface area contributed by atoms with Crippen molar-refractivity contribution in [3.63, 3.8) is 0 Å². The molecule has 0 unspecified atom stereocenters. The molecule has 94 valence electrons. The highest BCUT2D eigenvalue weighted by Gasteiger charge is 2.27. The molecule has 0 bridgehead atoms. The first-order valence-corrected chi connectivity index (χ1v) is 7.66. The molecule has 1 aliphatic rings. The van der Waals surface area contributed by atoms with E-state index < -0.39 is 9.84 Å². The van der Waals surface area contributed by atoms with Gasteiger partial charge in [-0.1, -0.05) is 6.92 Å². The third-order valence-corrected chi connectivity index (χ3v) is 4.83. The van der Waals surface area contributed by atoms with Gasteiger partial charge in [0.2, 0.25) is 5.95 Å². The number of aryl methyl sites for hydroxylation is 1. The van der Waals surface area contributed by atoms with Crippen LogP contribution in [0.3, 0.4) is 0 Å². The van der Waals surface area contributed by atoms with E-state index in [2.05, 4.69) is 22.2 Å². The van der Waals surface area contributed by atoms with Gasteiger partial charge < -0.3 is 5.32 Å². The summed E-state index contributed by atoms with van der Waals surface area (Å²) in [7, 11) is -2.79. The van der Waals surface area contributed by atoms with Crippen LogP contribution in [-0.2, 0) is 16.3 Å². The fraction of sp³-hybridized carbons (Fsp3) is 0.636. The summed E-state index contributed by atoms with van der Waals surface area (Å²) in [4.78, 5) is 8.35. The molecule has 0 aromatic carbocycles. The van der Waals surface area contributed by atoms with E-state index >= 15 is 0 Å². The highest BCUT2D eigenvalue weighted by molar-refractivity contribution is 7.91. The Kier molecular flexibility index (Phi) is 3.61. The number of aromatic nitrogens is 2. The summed E-state index contributed by atoms with van der Waals surface area (Å²) in [5, 5.41) is 3.09. The Hall–Kier alpha value is -1.17. The lowest BCUT2D eigenvalue weighted by Crippen LogP contribution is -2.16. The zero-order chi connectivity index (χ0) is 12.3. The Morgan fingerprint density at radius 2 is 2.12 bits per heavy atom. The van der Waals surface area contributed by atoms with Gasteiger partial charge >= 0.3 is 0 Å². The molecule has 17 heavy (non-hydrogen) atoms. The van der Waals surface area contributed by atoms with Crippen molar-refractivity contribution in [2.75, 3.05) is 23.4 Å². The Labute approximate surface area is 102 Å². The Bertz CT molecular complexity index is 470. The van der Waals surface area contributed by atoms with Gasteiger partial charge in [-0.05, 0) is 24.3 Å². The number of rotatable bonds is 4. The van der Waals surface area contributed by atoms with Gasteiger partial charge in [0.15, 0.2) is 9.84 Å². The normalized spacial score (nSPS) is 22.5. The van der Waals surface area contributed by atoms with Crippen LogP contribution in [-0.4, -0.2) is 36.4 Å². The number of sulfone groups is 1. The van der Waals surface area contributed by atoms with Crippen LogP contribution in [0, 0.1) is 5.92 Å². The second-order valence-corrected chi connectivity index (χ2v) is 6.65. The molecule has 1 atom stereocenters. The molecule has 1 N–H and O–H groups in total. The molecule has 5 nitrogen and oxygen atoms in total. The van der Waals surface area contributed by atoms with Crippen molar-refractivity contribution >= 4 is 15.8 Å². The molecule has 0 saturated carbocycles. The van der Waals surface area contributed by atoms with Crippen LogP contribution in [0.15, 0.2) is 12.4 Å². The van der Waals surface area contributed by atoms with Gasteiger partial charge in [0.25, 0.3) is 0 Å². The first kappa shape index (κ1) is 12.3. The summed E-state index contributed by atoms with van der Waals surface area (Å²) in [5.41, 5.74) is 1.10. The molecule has 1 saturated heterocycles. The lowest BCUT2D eigenvalue weighted by atomic mass is 10.1. The summed E-state index contributed by atoms with van der Waals surface area (Å²) < 4.78 is 22.6. The van der Waals surface area contributed by atoms with Crippen molar-refractivity contribution in [3.8, 4) is 0 Å². The van der Waals surface area contributed by atoms with Gasteiger partial charge in [0.05, 0.1) is 11.5 Å². The Balaban J connectivity index is 1.86. The zero-order valence-electron chi connectivity index (χ0n) is 9.89. The molecule has 0 amide bonds. The van der Waals surface area contributed by atoms with E-state index in [0.717, 1.165) is 18.4 Å². The van der Waals surface area contributed by atoms with Crippen LogP contribution in [0.5, 0.6) is 0 Å². The third kappa shape index (κ3) is 3.39. The fourth-order valence-electron chi connectivity index (χ4n) is 1.90. The molecule has 2 rings (SSSR count). The first-order chi connectivity index (χ1) is 8.09. The van der Waals surface area contributed by atoms with E-state index in [4.69, 9.17) is 0 Å². The minimum atomic E-state index is -2.79. The molecule has 0 radical (unpaired) electrons.